The van der Waals surface area contributed by atoms with Crippen LogP contribution in [-0.4, -0.2) is 25.3 Å². The van der Waals surface area contributed by atoms with Gasteiger partial charge in [0.05, 0.1) is 0 Å². The molecule has 0 aliphatic heterocycles. The van der Waals surface area contributed by atoms with E-state index in [0.29, 0.717) is 0 Å². The van der Waals surface area contributed by atoms with Crippen LogP contribution in [0.2, 0.25) is 0 Å². The van der Waals surface area contributed by atoms with Crippen LogP contribution in [0.3, 0.4) is 0 Å². The third kappa shape index (κ3) is 3.34. The molecule has 0 aliphatic rings. The van der Waals surface area contributed by atoms with Gasteiger partial charge in [0.1, 0.15) is 14.7 Å². The topological polar surface area (TPSA) is 102 Å². The fourth-order valence-electron chi connectivity index (χ4n) is 1.92. The highest BCUT2D eigenvalue weighted by molar-refractivity contribution is 8.17. The van der Waals surface area contributed by atoms with E-state index in [1.165, 1.54) is 24.3 Å². The molecular formula is C10H5Cl3O6S3. The quantitative estimate of drug-likeness (QED) is 0.703. The Morgan fingerprint density at radius 3 is 1.64 bits per heavy atom. The van der Waals surface area contributed by atoms with Gasteiger partial charge in [-0.05, 0) is 11.5 Å². The Bertz CT molecular complexity index is 1090. The van der Waals surface area contributed by atoms with Crippen molar-refractivity contribution in [2.75, 3.05) is 0 Å². The summed E-state index contributed by atoms with van der Waals surface area (Å²) in [5.74, 6) is 0. The van der Waals surface area contributed by atoms with Gasteiger partial charge in [0, 0.05) is 37.4 Å². The summed E-state index contributed by atoms with van der Waals surface area (Å²) in [6, 6.07) is 6.47. The maximum Gasteiger partial charge on any atom is 0.264 e. The van der Waals surface area contributed by atoms with Crippen LogP contribution in [0.25, 0.3) is 10.8 Å². The molecule has 22 heavy (non-hydrogen) atoms. The zero-order chi connectivity index (χ0) is 16.9. The SMILES string of the molecule is O=S(=O)(Cl)c1cc2ccccc2c(S(=O)(=O)Cl)c1S(=O)(=O)Cl. The van der Waals surface area contributed by atoms with Gasteiger partial charge in [-0.2, -0.15) is 0 Å². The van der Waals surface area contributed by atoms with E-state index in [-0.39, 0.29) is 10.8 Å². The molecule has 2 aromatic carbocycles. The highest BCUT2D eigenvalue weighted by Crippen LogP contribution is 2.39. The van der Waals surface area contributed by atoms with E-state index < -0.39 is 41.8 Å². The standard InChI is InChI=1S/C10H5Cl3O6S3/c11-20(14,15)8-5-6-3-1-2-4-7(6)9(21(12,16)17)10(8)22(13,18)19/h1-5H. The Labute approximate surface area is 139 Å². The largest absolute Gasteiger partial charge is 0.264 e. The second kappa shape index (κ2) is 5.50. The molecule has 0 unspecified atom stereocenters. The van der Waals surface area contributed by atoms with Gasteiger partial charge >= 0.3 is 0 Å². The number of hydrogen-bond acceptors (Lipinski definition) is 6. The van der Waals surface area contributed by atoms with Gasteiger partial charge in [0.15, 0.2) is 0 Å². The molecule has 2 aromatic rings. The molecule has 120 valence electrons. The molecule has 0 aromatic heterocycles. The maximum atomic E-state index is 11.8. The van der Waals surface area contributed by atoms with Crippen molar-refractivity contribution in [3.8, 4) is 0 Å². The lowest BCUT2D eigenvalue weighted by molar-refractivity contribution is 0.590. The van der Waals surface area contributed by atoms with E-state index in [1.54, 1.807) is 0 Å². The molecular weight excluding hydrogens is 419 g/mol. The Morgan fingerprint density at radius 1 is 0.682 bits per heavy atom. The zero-order valence-corrected chi connectivity index (χ0v) is 14.9. The first-order valence-electron chi connectivity index (χ1n) is 5.23. The minimum Gasteiger partial charge on any atom is -0.207 e. The van der Waals surface area contributed by atoms with Gasteiger partial charge < -0.3 is 0 Å². The van der Waals surface area contributed by atoms with Crippen molar-refractivity contribution in [3.05, 3.63) is 30.3 Å². The normalized spacial score (nSPS) is 13.4. The van der Waals surface area contributed by atoms with Crippen LogP contribution in [0.1, 0.15) is 0 Å². The highest BCUT2D eigenvalue weighted by Gasteiger charge is 2.34. The first-order chi connectivity index (χ1) is 9.83. The Hall–Kier alpha value is -0.580. The summed E-state index contributed by atoms with van der Waals surface area (Å²) in [6.07, 6.45) is 0. The lowest BCUT2D eigenvalue weighted by Gasteiger charge is -2.12. The second-order valence-electron chi connectivity index (χ2n) is 4.07. The van der Waals surface area contributed by atoms with Crippen molar-refractivity contribution in [1.29, 1.82) is 0 Å². The minimum atomic E-state index is -4.78. The molecule has 0 fully saturated rings. The molecule has 0 saturated carbocycles. The summed E-state index contributed by atoms with van der Waals surface area (Å²) in [7, 11) is 1.67. The number of fused-ring (bicyclic) bond motifs is 1. The summed E-state index contributed by atoms with van der Waals surface area (Å²) < 4.78 is 70.3. The third-order valence-corrected chi connectivity index (χ3v) is 7.03. The number of hydrogen-bond donors (Lipinski definition) is 0. The number of halogens is 3. The molecule has 12 heteroatoms. The van der Waals surface area contributed by atoms with E-state index in [1.807, 2.05) is 0 Å². The second-order valence-corrected chi connectivity index (χ2v) is 11.6. The first-order valence-corrected chi connectivity index (χ1v) is 12.2. The van der Waals surface area contributed by atoms with Crippen LogP contribution in [0.4, 0.5) is 0 Å². The van der Waals surface area contributed by atoms with Gasteiger partial charge in [-0.3, -0.25) is 0 Å². The van der Waals surface area contributed by atoms with E-state index in [4.69, 9.17) is 32.0 Å². The average Bonchev–Trinajstić information content (AvgIpc) is 2.33. The summed E-state index contributed by atoms with van der Waals surface area (Å²) in [5, 5.41) is 0.0193. The van der Waals surface area contributed by atoms with Gasteiger partial charge in [-0.1, -0.05) is 24.3 Å². The van der Waals surface area contributed by atoms with Crippen molar-refractivity contribution in [2.24, 2.45) is 0 Å². The molecule has 0 N–H and O–H groups in total. The predicted octanol–water partition coefficient (Wildman–Crippen LogP) is 2.62. The highest BCUT2D eigenvalue weighted by atomic mass is 35.7. The van der Waals surface area contributed by atoms with Crippen molar-refractivity contribution < 1.29 is 25.3 Å². The first kappa shape index (κ1) is 17.8. The van der Waals surface area contributed by atoms with E-state index in [0.717, 1.165) is 6.07 Å². The monoisotopic (exact) mass is 422 g/mol. The van der Waals surface area contributed by atoms with E-state index >= 15 is 0 Å². The van der Waals surface area contributed by atoms with Crippen LogP contribution in [0, 0.1) is 0 Å². The van der Waals surface area contributed by atoms with Crippen molar-refractivity contribution in [1.82, 2.24) is 0 Å². The number of benzene rings is 2. The molecule has 0 aliphatic carbocycles. The van der Waals surface area contributed by atoms with E-state index in [9.17, 15) is 25.3 Å². The van der Waals surface area contributed by atoms with Crippen LogP contribution < -0.4 is 0 Å². The molecule has 6 nitrogen and oxygen atoms in total. The minimum absolute atomic E-state index is 0.0965. The zero-order valence-electron chi connectivity index (χ0n) is 10.2. The molecule has 0 bridgehead atoms. The lowest BCUT2D eigenvalue weighted by atomic mass is 10.1. The molecule has 0 amide bonds. The molecule has 0 radical (unpaired) electrons. The molecule has 0 atom stereocenters. The van der Waals surface area contributed by atoms with Gasteiger partial charge in [0.25, 0.3) is 27.2 Å². The summed E-state index contributed by atoms with van der Waals surface area (Å²) in [6.45, 7) is 0. The van der Waals surface area contributed by atoms with Gasteiger partial charge in [-0.15, -0.1) is 0 Å². The molecule has 0 heterocycles. The van der Waals surface area contributed by atoms with Crippen molar-refractivity contribution in [3.63, 3.8) is 0 Å². The van der Waals surface area contributed by atoms with Crippen molar-refractivity contribution >= 4 is 70.0 Å². The Balaban J connectivity index is 3.32. The number of rotatable bonds is 3. The molecule has 0 saturated heterocycles. The lowest BCUT2D eigenvalue weighted by Crippen LogP contribution is -2.08. The van der Waals surface area contributed by atoms with Crippen LogP contribution in [0.15, 0.2) is 45.0 Å². The van der Waals surface area contributed by atoms with Crippen molar-refractivity contribution in [2.45, 2.75) is 14.7 Å². The predicted molar refractivity (Wildman–Crippen MR) is 83.1 cm³/mol. The Morgan fingerprint density at radius 2 is 1.18 bits per heavy atom. The van der Waals surface area contributed by atoms with Crippen LogP contribution in [-0.2, 0) is 27.2 Å². The average molecular weight is 424 g/mol. The van der Waals surface area contributed by atoms with E-state index in [2.05, 4.69) is 0 Å². The fourth-order valence-corrected chi connectivity index (χ4v) is 7.18. The smallest absolute Gasteiger partial charge is 0.207 e. The van der Waals surface area contributed by atoms with Gasteiger partial charge in [-0.25, -0.2) is 25.3 Å². The Kier molecular flexibility index (Phi) is 4.44. The summed E-state index contributed by atoms with van der Waals surface area (Å²) in [5.41, 5.74) is 0. The van der Waals surface area contributed by atoms with Crippen LogP contribution >= 0.6 is 32.0 Å². The molecule has 0 spiro atoms. The maximum absolute atomic E-state index is 11.8. The molecule has 2 rings (SSSR count). The fraction of sp³-hybridized carbons (Fsp3) is 0. The summed E-state index contributed by atoms with van der Waals surface area (Å²) in [4.78, 5) is -3.05. The van der Waals surface area contributed by atoms with Gasteiger partial charge in [0.2, 0.25) is 0 Å². The van der Waals surface area contributed by atoms with Crippen LogP contribution in [0.5, 0.6) is 0 Å². The summed E-state index contributed by atoms with van der Waals surface area (Å²) >= 11 is 0. The third-order valence-electron chi connectivity index (χ3n) is 2.67.